The molecule has 0 spiro atoms. The van der Waals surface area contributed by atoms with Crippen molar-refractivity contribution in [2.24, 2.45) is 0 Å². The lowest BCUT2D eigenvalue weighted by molar-refractivity contribution is 0.0998. The first-order valence-corrected chi connectivity index (χ1v) is 7.61. The number of benzene rings is 2. The minimum Gasteiger partial charge on any atom is -0.345 e. The lowest BCUT2D eigenvalue weighted by atomic mass is 10.1. The Bertz CT molecular complexity index is 748. The number of rotatable bonds is 6. The second-order valence-electron chi connectivity index (χ2n) is 5.32. The lowest BCUT2D eigenvalue weighted by Crippen LogP contribution is -2.30. The van der Waals surface area contributed by atoms with E-state index in [0.717, 1.165) is 16.9 Å². The zero-order valence-corrected chi connectivity index (χ0v) is 14.9. The monoisotopic (exact) mass is 382 g/mol. The molecule has 2 aromatic carbocycles. The number of anilines is 1. The highest BCUT2D eigenvalue weighted by Gasteiger charge is 2.14. The molecule has 0 unspecified atom stereocenters. The number of ketones is 1. The van der Waals surface area contributed by atoms with Crippen molar-refractivity contribution in [2.45, 2.75) is 6.54 Å². The van der Waals surface area contributed by atoms with Gasteiger partial charge in [0.15, 0.2) is 5.78 Å². The molecule has 4 heteroatoms. The number of hydrogen-bond donors (Lipinski definition) is 0. The van der Waals surface area contributed by atoms with E-state index in [1.807, 2.05) is 71.6 Å². The molecule has 0 aliphatic rings. The van der Waals surface area contributed by atoms with Gasteiger partial charge in [-0.1, -0.05) is 66.7 Å². The number of carbonyl (C=O) groups excluding carboxylic acids is 1. The summed E-state index contributed by atoms with van der Waals surface area (Å²) < 4.78 is 0. The summed E-state index contributed by atoms with van der Waals surface area (Å²) in [7, 11) is 0. The van der Waals surface area contributed by atoms with E-state index < -0.39 is 0 Å². The van der Waals surface area contributed by atoms with Crippen LogP contribution in [0.2, 0.25) is 0 Å². The van der Waals surface area contributed by atoms with Gasteiger partial charge in [0.05, 0.1) is 6.54 Å². The smallest absolute Gasteiger partial charge is 0.182 e. The Labute approximate surface area is 152 Å². The first-order valence-electron chi connectivity index (χ1n) is 7.61. The van der Waals surface area contributed by atoms with Gasteiger partial charge >= 0.3 is 0 Å². The van der Waals surface area contributed by atoms with Crippen LogP contribution in [0.1, 0.15) is 15.9 Å². The molecule has 0 bridgehead atoms. The molecule has 0 atom stereocenters. The van der Waals surface area contributed by atoms with E-state index in [1.165, 1.54) is 0 Å². The van der Waals surface area contributed by atoms with E-state index in [-0.39, 0.29) is 22.8 Å². The van der Waals surface area contributed by atoms with Gasteiger partial charge in [-0.25, -0.2) is 4.98 Å². The Hall–Kier alpha value is -2.46. The van der Waals surface area contributed by atoms with Crippen LogP contribution in [0.3, 0.4) is 0 Å². The molecule has 0 saturated carbocycles. The van der Waals surface area contributed by atoms with Crippen LogP contribution in [-0.2, 0) is 6.54 Å². The summed E-state index contributed by atoms with van der Waals surface area (Å²) in [6.07, 6.45) is 1.75. The summed E-state index contributed by atoms with van der Waals surface area (Å²) in [4.78, 5) is 18.9. The van der Waals surface area contributed by atoms with E-state index >= 15 is 0 Å². The molecular formula is C20H19BrN2O. The van der Waals surface area contributed by atoms with Crippen LogP contribution < -0.4 is 4.90 Å². The Balaban J connectivity index is 0.00000208. The molecule has 1 aromatic heterocycles. The summed E-state index contributed by atoms with van der Waals surface area (Å²) in [6, 6.07) is 25.2. The topological polar surface area (TPSA) is 33.2 Å². The van der Waals surface area contributed by atoms with E-state index in [9.17, 15) is 4.79 Å². The molecule has 0 aliphatic heterocycles. The molecule has 1 heterocycles. The SMILES string of the molecule is Br.O=C(CN(Cc1ccccc1)c1ccccn1)c1ccccc1. The molecule has 3 aromatic rings. The van der Waals surface area contributed by atoms with Crippen molar-refractivity contribution >= 4 is 28.6 Å². The maximum absolute atomic E-state index is 12.5. The van der Waals surface area contributed by atoms with Crippen LogP contribution in [-0.4, -0.2) is 17.3 Å². The second kappa shape index (κ2) is 8.99. The molecule has 0 amide bonds. The molecular weight excluding hydrogens is 364 g/mol. The molecule has 0 radical (unpaired) electrons. The van der Waals surface area contributed by atoms with Gasteiger partial charge in [-0.3, -0.25) is 4.79 Å². The average Bonchev–Trinajstić information content (AvgIpc) is 2.63. The highest BCUT2D eigenvalue weighted by molar-refractivity contribution is 8.93. The third-order valence-corrected chi connectivity index (χ3v) is 3.62. The van der Waals surface area contributed by atoms with Crippen molar-refractivity contribution in [2.75, 3.05) is 11.4 Å². The van der Waals surface area contributed by atoms with Gasteiger partial charge in [0.2, 0.25) is 0 Å². The van der Waals surface area contributed by atoms with Crippen LogP contribution in [0.25, 0.3) is 0 Å². The van der Waals surface area contributed by atoms with Crippen molar-refractivity contribution < 1.29 is 4.79 Å². The van der Waals surface area contributed by atoms with Crippen molar-refractivity contribution in [1.29, 1.82) is 0 Å². The highest BCUT2D eigenvalue weighted by atomic mass is 79.9. The van der Waals surface area contributed by atoms with Crippen LogP contribution >= 0.6 is 17.0 Å². The number of hydrogen-bond acceptors (Lipinski definition) is 3. The van der Waals surface area contributed by atoms with Crippen molar-refractivity contribution in [1.82, 2.24) is 4.98 Å². The quantitative estimate of drug-likeness (QED) is 0.586. The van der Waals surface area contributed by atoms with Gasteiger partial charge in [0.25, 0.3) is 0 Å². The molecule has 0 aliphatic carbocycles. The van der Waals surface area contributed by atoms with Crippen LogP contribution in [0.5, 0.6) is 0 Å². The van der Waals surface area contributed by atoms with Crippen LogP contribution in [0, 0.1) is 0 Å². The molecule has 0 fully saturated rings. The fourth-order valence-electron chi connectivity index (χ4n) is 2.45. The summed E-state index contributed by atoms with van der Waals surface area (Å²) in [5, 5.41) is 0. The minimum atomic E-state index is 0. The summed E-state index contributed by atoms with van der Waals surface area (Å²) >= 11 is 0. The van der Waals surface area contributed by atoms with Gasteiger partial charge in [-0.15, -0.1) is 17.0 Å². The molecule has 24 heavy (non-hydrogen) atoms. The first-order chi connectivity index (χ1) is 11.3. The molecule has 3 rings (SSSR count). The maximum Gasteiger partial charge on any atom is 0.182 e. The van der Waals surface area contributed by atoms with Crippen LogP contribution in [0.4, 0.5) is 5.82 Å². The minimum absolute atomic E-state index is 0. The van der Waals surface area contributed by atoms with Gasteiger partial charge in [0.1, 0.15) is 5.82 Å². The third-order valence-electron chi connectivity index (χ3n) is 3.62. The normalized spacial score (nSPS) is 9.83. The Kier molecular flexibility index (Phi) is 6.70. The third kappa shape index (κ3) is 4.77. The average molecular weight is 383 g/mol. The zero-order valence-electron chi connectivity index (χ0n) is 13.2. The van der Waals surface area contributed by atoms with Crippen molar-refractivity contribution in [3.63, 3.8) is 0 Å². The predicted molar refractivity (Wildman–Crippen MR) is 103 cm³/mol. The zero-order chi connectivity index (χ0) is 15.9. The van der Waals surface area contributed by atoms with Gasteiger partial charge < -0.3 is 4.90 Å². The molecule has 0 N–H and O–H groups in total. The first kappa shape index (κ1) is 17.9. The van der Waals surface area contributed by atoms with E-state index in [1.54, 1.807) is 6.20 Å². The summed E-state index contributed by atoms with van der Waals surface area (Å²) in [6.45, 7) is 0.951. The largest absolute Gasteiger partial charge is 0.345 e. The summed E-state index contributed by atoms with van der Waals surface area (Å²) in [5.74, 6) is 0.896. The number of carbonyl (C=O) groups is 1. The van der Waals surface area contributed by atoms with Crippen LogP contribution in [0.15, 0.2) is 85.1 Å². The number of Topliss-reactive ketones (excluding diaryl/α,β-unsaturated/α-hetero) is 1. The van der Waals surface area contributed by atoms with E-state index in [2.05, 4.69) is 17.1 Å². The lowest BCUT2D eigenvalue weighted by Gasteiger charge is -2.23. The number of aromatic nitrogens is 1. The van der Waals surface area contributed by atoms with Gasteiger partial charge in [-0.05, 0) is 17.7 Å². The van der Waals surface area contributed by atoms with Gasteiger partial charge in [-0.2, -0.15) is 0 Å². The van der Waals surface area contributed by atoms with E-state index in [4.69, 9.17) is 0 Å². The maximum atomic E-state index is 12.5. The van der Waals surface area contributed by atoms with Gasteiger partial charge in [0, 0.05) is 18.3 Å². The number of nitrogens with zero attached hydrogens (tertiary/aromatic N) is 2. The standard InChI is InChI=1S/C20H18N2O.BrH/c23-19(18-11-5-2-6-12-18)16-22(20-13-7-8-14-21-20)15-17-9-3-1-4-10-17;/h1-14H,15-16H2;1H. The van der Waals surface area contributed by atoms with Crippen molar-refractivity contribution in [3.05, 3.63) is 96.2 Å². The predicted octanol–water partition coefficient (Wildman–Crippen LogP) is 4.55. The Morgan fingerprint density at radius 3 is 2.08 bits per heavy atom. The highest BCUT2D eigenvalue weighted by Crippen LogP contribution is 2.15. The Morgan fingerprint density at radius 2 is 1.46 bits per heavy atom. The fraction of sp³-hybridized carbons (Fsp3) is 0.100. The fourth-order valence-corrected chi connectivity index (χ4v) is 2.45. The molecule has 122 valence electrons. The molecule has 0 saturated heterocycles. The summed E-state index contributed by atoms with van der Waals surface area (Å²) in [5.41, 5.74) is 1.88. The van der Waals surface area contributed by atoms with E-state index in [0.29, 0.717) is 13.1 Å². The number of halogens is 1. The van der Waals surface area contributed by atoms with Crippen molar-refractivity contribution in [3.8, 4) is 0 Å². The number of pyridine rings is 1. The second-order valence-corrected chi connectivity index (χ2v) is 5.32. The molecule has 3 nitrogen and oxygen atoms in total. The Morgan fingerprint density at radius 1 is 0.833 bits per heavy atom.